The summed E-state index contributed by atoms with van der Waals surface area (Å²) >= 11 is 1.52. The lowest BCUT2D eigenvalue weighted by atomic mass is 9.98. The summed E-state index contributed by atoms with van der Waals surface area (Å²) in [5.41, 5.74) is 3.68. The molecule has 0 radical (unpaired) electrons. The summed E-state index contributed by atoms with van der Waals surface area (Å²) in [4.78, 5) is 25.3. The van der Waals surface area contributed by atoms with E-state index in [4.69, 9.17) is 9.97 Å². The second-order valence-corrected chi connectivity index (χ2v) is 10.3. The molecule has 1 fully saturated rings. The fourth-order valence-electron chi connectivity index (χ4n) is 4.96. The van der Waals surface area contributed by atoms with Gasteiger partial charge in [0.1, 0.15) is 10.7 Å². The minimum Gasteiger partial charge on any atom is -0.396 e. The molecule has 0 saturated carbocycles. The molecule has 3 aromatic heterocycles. The topological polar surface area (TPSA) is 90.4 Å². The summed E-state index contributed by atoms with van der Waals surface area (Å²) < 4.78 is 1.08. The molecule has 3 N–H and O–H groups in total. The quantitative estimate of drug-likeness (QED) is 0.412. The number of rotatable bonds is 3. The van der Waals surface area contributed by atoms with Crippen molar-refractivity contribution in [3.8, 4) is 11.3 Å². The first kappa shape index (κ1) is 21.3. The van der Waals surface area contributed by atoms with Gasteiger partial charge in [0, 0.05) is 59.5 Å². The first-order valence-corrected chi connectivity index (χ1v) is 12.7. The van der Waals surface area contributed by atoms with Crippen LogP contribution < -0.4 is 15.5 Å². The van der Waals surface area contributed by atoms with Gasteiger partial charge in [0.15, 0.2) is 0 Å². The number of fused-ring (bicyclic) bond motifs is 5. The number of hydrogen-bond acceptors (Lipinski definition) is 7. The van der Waals surface area contributed by atoms with Gasteiger partial charge in [-0.25, -0.2) is 9.97 Å². The lowest BCUT2D eigenvalue weighted by molar-refractivity contribution is 0.0949. The number of carbonyl (C=O) groups excluding carboxylic acids is 1. The maximum absolute atomic E-state index is 12.7. The van der Waals surface area contributed by atoms with Crippen LogP contribution >= 0.6 is 11.3 Å². The summed E-state index contributed by atoms with van der Waals surface area (Å²) in [6.45, 7) is 4.83. The number of hydrogen-bond donors (Lipinski definition) is 3. The molecule has 1 saturated heterocycles. The maximum Gasteiger partial charge on any atom is 0.263 e. The number of aliphatic hydroxyl groups excluding tert-OH is 1. The highest BCUT2D eigenvalue weighted by atomic mass is 32.1. The van der Waals surface area contributed by atoms with Crippen molar-refractivity contribution in [2.24, 2.45) is 5.92 Å². The number of nitrogens with one attached hydrogen (secondary N) is 2. The number of carbonyl (C=O) groups is 1. The number of anilines is 2. The zero-order valence-electron chi connectivity index (χ0n) is 19.0. The third kappa shape index (κ3) is 3.67. The molecule has 4 aromatic rings. The van der Waals surface area contributed by atoms with Gasteiger partial charge >= 0.3 is 0 Å². The first-order chi connectivity index (χ1) is 16.6. The second kappa shape index (κ2) is 8.52. The van der Waals surface area contributed by atoms with E-state index < -0.39 is 0 Å². The van der Waals surface area contributed by atoms with Crippen LogP contribution in [0.1, 0.15) is 29.4 Å². The number of piperidine rings is 1. The zero-order valence-corrected chi connectivity index (χ0v) is 19.9. The minimum absolute atomic E-state index is 0.0156. The zero-order chi connectivity index (χ0) is 23.2. The summed E-state index contributed by atoms with van der Waals surface area (Å²) in [6, 6.07) is 12.5. The van der Waals surface area contributed by atoms with Crippen molar-refractivity contribution in [3.63, 3.8) is 0 Å². The van der Waals surface area contributed by atoms with E-state index in [2.05, 4.69) is 39.8 Å². The Morgan fingerprint density at radius 3 is 2.76 bits per heavy atom. The average Bonchev–Trinajstić information content (AvgIpc) is 3.20. The van der Waals surface area contributed by atoms with Crippen molar-refractivity contribution in [3.05, 3.63) is 47.5 Å². The van der Waals surface area contributed by atoms with Crippen molar-refractivity contribution < 1.29 is 9.90 Å². The van der Waals surface area contributed by atoms with Gasteiger partial charge in [-0.1, -0.05) is 0 Å². The van der Waals surface area contributed by atoms with E-state index in [1.54, 1.807) is 0 Å². The van der Waals surface area contributed by atoms with Gasteiger partial charge in [0.05, 0.1) is 16.9 Å². The monoisotopic (exact) mass is 473 g/mol. The number of aromatic nitrogens is 2. The van der Waals surface area contributed by atoms with Crippen LogP contribution in [-0.4, -0.2) is 53.3 Å². The van der Waals surface area contributed by atoms with Crippen LogP contribution in [0.2, 0.25) is 0 Å². The highest BCUT2D eigenvalue weighted by molar-refractivity contribution is 7.21. The molecule has 1 unspecified atom stereocenters. The maximum atomic E-state index is 12.7. The van der Waals surface area contributed by atoms with Gasteiger partial charge in [0.2, 0.25) is 0 Å². The second-order valence-electron chi connectivity index (χ2n) is 9.28. The molecule has 174 valence electrons. The molecular formula is C26H27N5O2S. The summed E-state index contributed by atoms with van der Waals surface area (Å²) in [7, 11) is 0. The summed E-state index contributed by atoms with van der Waals surface area (Å²) in [5, 5.41) is 18.0. The van der Waals surface area contributed by atoms with E-state index in [-0.39, 0.29) is 18.6 Å². The molecule has 7 nitrogen and oxygen atoms in total. The van der Waals surface area contributed by atoms with E-state index in [1.165, 1.54) is 11.3 Å². The van der Waals surface area contributed by atoms with Crippen molar-refractivity contribution in [2.45, 2.75) is 25.8 Å². The highest BCUT2D eigenvalue weighted by Crippen LogP contribution is 2.41. The highest BCUT2D eigenvalue weighted by Gasteiger charge is 2.25. The van der Waals surface area contributed by atoms with Crippen LogP contribution in [0.15, 0.2) is 42.6 Å². The molecule has 8 heteroatoms. The van der Waals surface area contributed by atoms with Crippen LogP contribution in [-0.2, 0) is 0 Å². The lowest BCUT2D eigenvalue weighted by Crippen LogP contribution is -2.35. The fourth-order valence-corrected chi connectivity index (χ4v) is 6.05. The van der Waals surface area contributed by atoms with Gasteiger partial charge in [-0.15, -0.1) is 11.3 Å². The number of nitrogens with zero attached hydrogens (tertiary/aromatic N) is 3. The van der Waals surface area contributed by atoms with Crippen molar-refractivity contribution in [1.29, 1.82) is 0 Å². The Hall–Kier alpha value is -3.23. The first-order valence-electron chi connectivity index (χ1n) is 11.8. The van der Waals surface area contributed by atoms with Crippen molar-refractivity contribution >= 4 is 49.7 Å². The Kier molecular flexibility index (Phi) is 5.34. The van der Waals surface area contributed by atoms with E-state index in [9.17, 15) is 9.90 Å². The SMILES string of the molecule is CC1CNc2c(sc3ccc4nc(-c5ccc(N6CCC(CO)CC6)nc5)ccc4c23)C(=O)N1. The number of thiophene rings is 1. The van der Waals surface area contributed by atoms with Crippen molar-refractivity contribution in [1.82, 2.24) is 15.3 Å². The molecule has 1 amide bonds. The Morgan fingerprint density at radius 2 is 2.00 bits per heavy atom. The van der Waals surface area contributed by atoms with Gasteiger partial charge in [-0.3, -0.25) is 4.79 Å². The van der Waals surface area contributed by atoms with E-state index in [0.29, 0.717) is 12.5 Å². The third-order valence-corrected chi connectivity index (χ3v) is 8.08. The average molecular weight is 474 g/mol. The number of pyridine rings is 2. The van der Waals surface area contributed by atoms with Gasteiger partial charge in [-0.2, -0.15) is 0 Å². The predicted molar refractivity (Wildman–Crippen MR) is 138 cm³/mol. The molecule has 2 aliphatic rings. The van der Waals surface area contributed by atoms with E-state index in [1.807, 2.05) is 25.3 Å². The summed E-state index contributed by atoms with van der Waals surface area (Å²) in [5.74, 6) is 1.37. The van der Waals surface area contributed by atoms with Gasteiger partial charge in [0.25, 0.3) is 5.91 Å². The number of benzene rings is 1. The normalized spacial score (nSPS) is 19.1. The lowest BCUT2D eigenvalue weighted by Gasteiger charge is -2.32. The smallest absolute Gasteiger partial charge is 0.263 e. The molecule has 5 heterocycles. The molecule has 2 aliphatic heterocycles. The Bertz CT molecular complexity index is 1380. The van der Waals surface area contributed by atoms with E-state index >= 15 is 0 Å². The molecule has 1 aromatic carbocycles. The Labute approximate surface area is 201 Å². The molecule has 0 spiro atoms. The predicted octanol–water partition coefficient (Wildman–Crippen LogP) is 4.26. The van der Waals surface area contributed by atoms with Crippen LogP contribution in [0.4, 0.5) is 11.5 Å². The molecule has 6 rings (SSSR count). The number of amides is 1. The van der Waals surface area contributed by atoms with E-state index in [0.717, 1.165) is 74.6 Å². The van der Waals surface area contributed by atoms with Gasteiger partial charge < -0.3 is 20.6 Å². The molecule has 0 aliphatic carbocycles. The molecule has 34 heavy (non-hydrogen) atoms. The van der Waals surface area contributed by atoms with Crippen LogP contribution in [0.3, 0.4) is 0 Å². The van der Waals surface area contributed by atoms with Crippen molar-refractivity contribution in [2.75, 3.05) is 36.5 Å². The van der Waals surface area contributed by atoms with Crippen LogP contribution in [0.25, 0.3) is 32.2 Å². The van der Waals surface area contributed by atoms with Crippen LogP contribution in [0, 0.1) is 5.92 Å². The summed E-state index contributed by atoms with van der Waals surface area (Å²) in [6.07, 6.45) is 3.90. The minimum atomic E-state index is -0.0156. The fraction of sp³-hybridized carbons (Fsp3) is 0.346. The van der Waals surface area contributed by atoms with Crippen LogP contribution in [0.5, 0.6) is 0 Å². The third-order valence-electron chi connectivity index (χ3n) is 6.93. The molecule has 0 bridgehead atoms. The number of aliphatic hydroxyl groups is 1. The Morgan fingerprint density at radius 1 is 1.15 bits per heavy atom. The van der Waals surface area contributed by atoms with Gasteiger partial charge in [-0.05, 0) is 62.1 Å². The Balaban J connectivity index is 1.33. The largest absolute Gasteiger partial charge is 0.396 e. The standard InChI is InChI=1S/C26H27N5O2S/c1-15-12-28-24-23-18-3-4-19(30-20(18)5-6-21(23)34-25(24)26(33)29-15)17-2-7-22(27-13-17)31-10-8-16(14-32)9-11-31/h2-7,13,15-16,28,32H,8-12,14H2,1H3,(H,29,33). The molecule has 1 atom stereocenters. The molecular weight excluding hydrogens is 446 g/mol.